The maximum atomic E-state index is 15.2. The van der Waals surface area contributed by atoms with Crippen LogP contribution in [0.2, 0.25) is 0 Å². The molecule has 2 aliphatic heterocycles. The van der Waals surface area contributed by atoms with Crippen molar-refractivity contribution in [2.24, 2.45) is 5.73 Å². The summed E-state index contributed by atoms with van der Waals surface area (Å²) in [6, 6.07) is 1.29. The van der Waals surface area contributed by atoms with Crippen molar-refractivity contribution in [3.8, 4) is 11.4 Å². The molecule has 292 valence electrons. The Hall–Kier alpha value is -5.79. The van der Waals surface area contributed by atoms with E-state index in [4.69, 9.17) is 20.2 Å². The van der Waals surface area contributed by atoms with E-state index >= 15 is 4.39 Å². The summed E-state index contributed by atoms with van der Waals surface area (Å²) in [4.78, 5) is 92.0. The lowest BCUT2D eigenvalue weighted by Crippen LogP contribution is -2.50. The third-order valence-corrected chi connectivity index (χ3v) is 10.1. The van der Waals surface area contributed by atoms with Gasteiger partial charge in [-0.05, 0) is 55.9 Å². The normalized spacial score (nSPS) is 18.3. The third-order valence-electron chi connectivity index (χ3n) is 10.1. The van der Waals surface area contributed by atoms with Crippen LogP contribution in [0.25, 0.3) is 22.3 Å². The fourth-order valence-electron chi connectivity index (χ4n) is 7.20. The van der Waals surface area contributed by atoms with Crippen LogP contribution in [0.3, 0.4) is 0 Å². The van der Waals surface area contributed by atoms with Crippen LogP contribution in [0.15, 0.2) is 16.9 Å². The lowest BCUT2D eigenvalue weighted by atomic mass is 9.81. The van der Waals surface area contributed by atoms with Crippen LogP contribution in [-0.4, -0.2) is 89.2 Å². The molecule has 0 spiro atoms. The minimum absolute atomic E-state index is 0.0320. The number of esters is 1. The first-order chi connectivity index (χ1) is 26.2. The molecule has 0 saturated heterocycles. The number of amides is 5. The zero-order chi connectivity index (χ0) is 39.8. The molecular formula is C36H41FN8O10. The number of hydrogen-bond donors (Lipinski definition) is 7. The molecule has 1 aromatic carbocycles. The predicted octanol–water partition coefficient (Wildman–Crippen LogP) is -1.58. The average Bonchev–Trinajstić information content (AvgIpc) is 3.54. The van der Waals surface area contributed by atoms with Gasteiger partial charge < -0.3 is 51.5 Å². The van der Waals surface area contributed by atoms with E-state index in [1.165, 1.54) is 17.6 Å². The molecule has 0 fully saturated rings. The summed E-state index contributed by atoms with van der Waals surface area (Å²) < 4.78 is 27.2. The van der Waals surface area contributed by atoms with Crippen LogP contribution in [0.4, 0.5) is 4.39 Å². The Bertz CT molecular complexity index is 2210. The van der Waals surface area contributed by atoms with Gasteiger partial charge in [0.15, 0.2) is 5.60 Å². The van der Waals surface area contributed by atoms with E-state index in [1.54, 1.807) is 19.9 Å². The van der Waals surface area contributed by atoms with Crippen molar-refractivity contribution in [1.82, 2.24) is 36.1 Å². The van der Waals surface area contributed by atoms with E-state index in [-0.39, 0.29) is 50.5 Å². The van der Waals surface area contributed by atoms with Crippen LogP contribution < -0.4 is 37.9 Å². The number of fused-ring (bicyclic) bond motifs is 5. The zero-order valence-corrected chi connectivity index (χ0v) is 30.4. The molecule has 1 aliphatic carbocycles. The number of aliphatic hydroxyl groups is 1. The topological polar surface area (TPSA) is 262 Å². The van der Waals surface area contributed by atoms with E-state index in [9.17, 15) is 38.7 Å². The second-order valence-corrected chi connectivity index (χ2v) is 13.6. The molecule has 0 bridgehead atoms. The number of aryl methyl sites for hydroxylation is 1. The molecule has 19 heteroatoms. The number of carbonyl (C=O) groups is 6. The first-order valence-electron chi connectivity index (χ1n) is 17.7. The summed E-state index contributed by atoms with van der Waals surface area (Å²) in [6.07, 6.45) is 0.792. The van der Waals surface area contributed by atoms with Gasteiger partial charge in [0.05, 0.1) is 54.7 Å². The summed E-state index contributed by atoms with van der Waals surface area (Å²) >= 11 is 0. The lowest BCUT2D eigenvalue weighted by molar-refractivity contribution is -0.172. The second kappa shape index (κ2) is 15.5. The average molecular weight is 765 g/mol. The molecule has 0 saturated carbocycles. The number of rotatable bonds is 13. The number of carbonyl (C=O) groups excluding carboxylic acids is 6. The monoisotopic (exact) mass is 764 g/mol. The highest BCUT2D eigenvalue weighted by molar-refractivity contribution is 5.94. The van der Waals surface area contributed by atoms with Crippen molar-refractivity contribution in [3.05, 3.63) is 61.7 Å². The number of cyclic esters (lactones) is 1. The summed E-state index contributed by atoms with van der Waals surface area (Å²) in [5.41, 5.74) is 6.52. The molecule has 6 rings (SSSR count). The molecule has 5 amide bonds. The maximum Gasteiger partial charge on any atom is 0.343 e. The Kier molecular flexibility index (Phi) is 11.0. The number of hydrogen-bond acceptors (Lipinski definition) is 12. The van der Waals surface area contributed by atoms with Gasteiger partial charge in [0.25, 0.3) is 5.56 Å². The third kappa shape index (κ3) is 7.37. The van der Waals surface area contributed by atoms with Gasteiger partial charge in [-0.15, -0.1) is 0 Å². The van der Waals surface area contributed by atoms with E-state index in [0.717, 1.165) is 5.56 Å². The standard InChI is InChI=1S/C36H41FN8O10/c1-4-36(53)21-7-25-32-19(12-45(25)34(51)20(21)13-55-35(36)52)31-23(6-5-18-16(2)22(37)8-24(44-32)30(18)31)43-29(49)14-54-15-41-27(47)10-40-33(50)17(3)42-28(48)11-39-26(46)9-38/h7-8,17,23,53H,4-6,9-15,38H2,1-3H3,(H,39,46)(H,40,50)(H,41,47)(H,42,48)(H,43,49)/t17-,23-,36-/m0/s1. The van der Waals surface area contributed by atoms with Gasteiger partial charge in [-0.3, -0.25) is 28.8 Å². The minimum atomic E-state index is -2.03. The number of nitrogens with two attached hydrogens (primary N) is 1. The highest BCUT2D eigenvalue weighted by Gasteiger charge is 2.46. The maximum absolute atomic E-state index is 15.2. The summed E-state index contributed by atoms with van der Waals surface area (Å²) in [7, 11) is 0. The number of pyridine rings is 2. The van der Waals surface area contributed by atoms with Gasteiger partial charge in [0, 0.05) is 22.6 Å². The van der Waals surface area contributed by atoms with Crippen molar-refractivity contribution in [1.29, 1.82) is 0 Å². The van der Waals surface area contributed by atoms with E-state index in [0.29, 0.717) is 51.8 Å². The Morgan fingerprint density at radius 1 is 1.07 bits per heavy atom. The number of halogens is 1. The molecular weight excluding hydrogens is 723 g/mol. The van der Waals surface area contributed by atoms with Crippen molar-refractivity contribution < 1.29 is 47.7 Å². The minimum Gasteiger partial charge on any atom is -0.458 e. The molecule has 3 atom stereocenters. The highest BCUT2D eigenvalue weighted by Crippen LogP contribution is 2.45. The lowest BCUT2D eigenvalue weighted by Gasteiger charge is -2.31. The van der Waals surface area contributed by atoms with Gasteiger partial charge in [0.1, 0.15) is 31.8 Å². The number of nitrogens with one attached hydrogen (secondary N) is 5. The van der Waals surface area contributed by atoms with Crippen LogP contribution >= 0.6 is 0 Å². The van der Waals surface area contributed by atoms with Gasteiger partial charge in [-0.25, -0.2) is 14.2 Å². The zero-order valence-electron chi connectivity index (χ0n) is 30.4. The van der Waals surface area contributed by atoms with Crippen LogP contribution in [0.1, 0.15) is 66.1 Å². The fourth-order valence-corrected chi connectivity index (χ4v) is 7.20. The van der Waals surface area contributed by atoms with Gasteiger partial charge >= 0.3 is 5.97 Å². The van der Waals surface area contributed by atoms with Gasteiger partial charge in [-0.1, -0.05) is 6.92 Å². The van der Waals surface area contributed by atoms with E-state index in [2.05, 4.69) is 26.6 Å². The number of ether oxygens (including phenoxy) is 2. The largest absolute Gasteiger partial charge is 0.458 e. The van der Waals surface area contributed by atoms with Crippen LogP contribution in [0, 0.1) is 12.7 Å². The smallest absolute Gasteiger partial charge is 0.343 e. The Morgan fingerprint density at radius 3 is 2.55 bits per heavy atom. The first kappa shape index (κ1) is 38.9. The van der Waals surface area contributed by atoms with E-state index < -0.39 is 77.7 Å². The molecule has 0 unspecified atom stereocenters. The predicted molar refractivity (Wildman–Crippen MR) is 190 cm³/mol. The fraction of sp³-hybridized carbons (Fsp3) is 0.444. The summed E-state index contributed by atoms with van der Waals surface area (Å²) in [5, 5.41) is 24.3. The van der Waals surface area contributed by atoms with Gasteiger partial charge in [0.2, 0.25) is 29.5 Å². The number of benzene rings is 1. The molecule has 3 aliphatic rings. The number of nitrogens with zero attached hydrogens (tertiary/aromatic N) is 2. The molecule has 2 aromatic heterocycles. The number of aromatic nitrogens is 2. The SMILES string of the molecule is CC[C@@]1(O)C(=O)OCc2c1cc1n(c2=O)Cc2c-1nc1cc(F)c(C)c3c1c2[C@@H](NC(=O)COCNC(=O)CNC(=O)[C@H](C)NC(=O)CNC(=O)CN)CC3. The molecule has 0 radical (unpaired) electrons. The summed E-state index contributed by atoms with van der Waals surface area (Å²) in [5.74, 6) is -4.28. The quantitative estimate of drug-likeness (QED) is 0.0462. The van der Waals surface area contributed by atoms with Crippen molar-refractivity contribution in [3.63, 3.8) is 0 Å². The highest BCUT2D eigenvalue weighted by atomic mass is 19.1. The second-order valence-electron chi connectivity index (χ2n) is 13.6. The molecule has 18 nitrogen and oxygen atoms in total. The Labute approximate surface area is 312 Å². The van der Waals surface area contributed by atoms with Crippen molar-refractivity contribution in [2.45, 2.75) is 70.9 Å². The van der Waals surface area contributed by atoms with Crippen LogP contribution in [0.5, 0.6) is 0 Å². The first-order valence-corrected chi connectivity index (χ1v) is 17.7. The van der Waals surface area contributed by atoms with Gasteiger partial charge in [-0.2, -0.15) is 0 Å². The molecule has 4 heterocycles. The summed E-state index contributed by atoms with van der Waals surface area (Å²) in [6.45, 7) is 2.53. The van der Waals surface area contributed by atoms with Crippen LogP contribution in [-0.2, 0) is 63.4 Å². The Balaban J connectivity index is 1.12. The van der Waals surface area contributed by atoms with Crippen molar-refractivity contribution in [2.75, 3.05) is 33.0 Å². The van der Waals surface area contributed by atoms with E-state index in [1.807, 2.05) is 0 Å². The molecule has 3 aromatic rings. The Morgan fingerprint density at radius 2 is 1.82 bits per heavy atom. The molecule has 8 N–H and O–H groups in total. The van der Waals surface area contributed by atoms with Crippen molar-refractivity contribution >= 4 is 46.4 Å². The molecule has 55 heavy (non-hydrogen) atoms.